The van der Waals surface area contributed by atoms with Crippen LogP contribution in [0.4, 0.5) is 4.79 Å². The van der Waals surface area contributed by atoms with Crippen LogP contribution >= 0.6 is 0 Å². The minimum Gasteiger partial charge on any atom is -0.508 e. The Balaban J connectivity index is 1.29. The van der Waals surface area contributed by atoms with Crippen LogP contribution in [0.1, 0.15) is 29.0 Å². The molecule has 0 spiro atoms. The van der Waals surface area contributed by atoms with Crippen LogP contribution in [0.5, 0.6) is 11.5 Å². The van der Waals surface area contributed by atoms with E-state index in [1.165, 1.54) is 40.5 Å². The van der Waals surface area contributed by atoms with Crippen LogP contribution in [0.2, 0.25) is 0 Å². The Morgan fingerprint density at radius 1 is 0.967 bits per heavy atom. The summed E-state index contributed by atoms with van der Waals surface area (Å²) in [5.74, 6) is 5.62. The van der Waals surface area contributed by atoms with Gasteiger partial charge in [0, 0.05) is 24.9 Å². The highest BCUT2D eigenvalue weighted by atomic mass is 16.5. The van der Waals surface area contributed by atoms with Crippen LogP contribution in [0.3, 0.4) is 0 Å². The van der Waals surface area contributed by atoms with E-state index in [2.05, 4.69) is 41.4 Å². The lowest BCUT2D eigenvalue weighted by molar-refractivity contribution is 0.143. The van der Waals surface area contributed by atoms with Crippen molar-refractivity contribution in [3.63, 3.8) is 0 Å². The molecular weight excluding hydrogens is 378 g/mol. The number of carbonyl (C=O) groups excluding carboxylic acids is 1. The van der Waals surface area contributed by atoms with Gasteiger partial charge in [-0.1, -0.05) is 60.4 Å². The largest absolute Gasteiger partial charge is 0.508 e. The maximum absolute atomic E-state index is 12.1. The number of phenolic OH excluding ortho intramolecular Hbond substituents is 2. The van der Waals surface area contributed by atoms with Gasteiger partial charge in [-0.2, -0.15) is 0 Å². The Labute approximate surface area is 175 Å². The van der Waals surface area contributed by atoms with E-state index in [0.717, 1.165) is 0 Å². The number of nitrogens with one attached hydrogen (secondary N) is 1. The van der Waals surface area contributed by atoms with Crippen molar-refractivity contribution in [1.29, 1.82) is 0 Å². The molecule has 0 aromatic heterocycles. The molecule has 5 nitrogen and oxygen atoms in total. The van der Waals surface area contributed by atoms with Crippen molar-refractivity contribution in [1.82, 2.24) is 5.32 Å². The van der Waals surface area contributed by atoms with Crippen LogP contribution in [-0.2, 0) is 4.74 Å². The molecule has 0 fully saturated rings. The lowest BCUT2D eigenvalue weighted by Crippen LogP contribution is -2.26. The van der Waals surface area contributed by atoms with Gasteiger partial charge in [0.2, 0.25) is 0 Å². The summed E-state index contributed by atoms with van der Waals surface area (Å²) >= 11 is 0. The molecule has 5 heteroatoms. The van der Waals surface area contributed by atoms with Gasteiger partial charge in [-0.25, -0.2) is 4.79 Å². The SMILES string of the molecule is O=C(NCCC#Cc1ccc(O)cc1O)OCC1c2ccccc2-c2ccccc21. The standard InChI is InChI=1S/C25H21NO4/c27-18-13-12-17(24(28)15-18)7-5-6-14-26-25(29)30-16-23-21-10-3-1-8-19(21)20-9-2-4-11-22(20)23/h1-4,8-13,15,23,27-28H,6,14,16H2,(H,26,29). The molecule has 0 unspecified atom stereocenters. The molecule has 0 aliphatic heterocycles. The maximum Gasteiger partial charge on any atom is 0.407 e. The van der Waals surface area contributed by atoms with E-state index in [1.807, 2.05) is 24.3 Å². The molecule has 30 heavy (non-hydrogen) atoms. The number of ether oxygens (including phenoxy) is 1. The van der Waals surface area contributed by atoms with Crippen molar-refractivity contribution in [3.05, 3.63) is 83.4 Å². The van der Waals surface area contributed by atoms with Crippen LogP contribution in [0.15, 0.2) is 66.7 Å². The zero-order chi connectivity index (χ0) is 20.9. The van der Waals surface area contributed by atoms with E-state index in [9.17, 15) is 15.0 Å². The maximum atomic E-state index is 12.1. The van der Waals surface area contributed by atoms with Gasteiger partial charge in [-0.15, -0.1) is 0 Å². The average Bonchev–Trinajstić information content (AvgIpc) is 3.07. The van der Waals surface area contributed by atoms with E-state index in [-0.39, 0.29) is 24.0 Å². The number of benzene rings is 3. The van der Waals surface area contributed by atoms with E-state index in [4.69, 9.17) is 4.74 Å². The van der Waals surface area contributed by atoms with Crippen molar-refractivity contribution in [3.8, 4) is 34.5 Å². The second kappa shape index (κ2) is 8.62. The minimum atomic E-state index is -0.480. The number of carbonyl (C=O) groups is 1. The van der Waals surface area contributed by atoms with E-state index < -0.39 is 6.09 Å². The summed E-state index contributed by atoms with van der Waals surface area (Å²) in [7, 11) is 0. The molecule has 0 radical (unpaired) electrons. The third-order valence-corrected chi connectivity index (χ3v) is 5.07. The predicted octanol–water partition coefficient (Wildman–Crippen LogP) is 4.38. The molecule has 3 aromatic rings. The van der Waals surface area contributed by atoms with Crippen LogP contribution < -0.4 is 5.32 Å². The first-order chi connectivity index (χ1) is 14.6. The van der Waals surface area contributed by atoms with Crippen molar-refractivity contribution < 1.29 is 19.7 Å². The highest BCUT2D eigenvalue weighted by molar-refractivity contribution is 5.79. The summed E-state index contributed by atoms with van der Waals surface area (Å²) in [6.45, 7) is 0.607. The van der Waals surface area contributed by atoms with E-state index in [1.54, 1.807) is 0 Å². The summed E-state index contributed by atoms with van der Waals surface area (Å²) in [6, 6.07) is 20.6. The van der Waals surface area contributed by atoms with Crippen molar-refractivity contribution in [2.24, 2.45) is 0 Å². The quantitative estimate of drug-likeness (QED) is 0.449. The number of hydrogen-bond donors (Lipinski definition) is 3. The number of amides is 1. The zero-order valence-corrected chi connectivity index (χ0v) is 16.3. The molecule has 1 amide bonds. The van der Waals surface area contributed by atoms with E-state index in [0.29, 0.717) is 18.5 Å². The van der Waals surface area contributed by atoms with Crippen LogP contribution in [0.25, 0.3) is 11.1 Å². The molecule has 0 bridgehead atoms. The highest BCUT2D eigenvalue weighted by Gasteiger charge is 2.28. The Morgan fingerprint density at radius 2 is 1.63 bits per heavy atom. The summed E-state index contributed by atoms with van der Waals surface area (Å²) < 4.78 is 5.47. The lowest BCUT2D eigenvalue weighted by Gasteiger charge is -2.14. The number of alkyl carbamates (subject to hydrolysis) is 1. The number of fused-ring (bicyclic) bond motifs is 3. The monoisotopic (exact) mass is 399 g/mol. The number of phenols is 2. The molecule has 1 aliphatic rings. The van der Waals surface area contributed by atoms with Crippen molar-refractivity contribution in [2.45, 2.75) is 12.3 Å². The van der Waals surface area contributed by atoms with Gasteiger partial charge in [0.1, 0.15) is 18.1 Å². The number of aromatic hydroxyl groups is 2. The van der Waals surface area contributed by atoms with Gasteiger partial charge in [0.05, 0.1) is 5.56 Å². The molecule has 1 aliphatic carbocycles. The zero-order valence-electron chi connectivity index (χ0n) is 16.3. The van der Waals surface area contributed by atoms with Crippen LogP contribution in [0, 0.1) is 11.8 Å². The Hall–Kier alpha value is -3.91. The summed E-state index contributed by atoms with van der Waals surface area (Å²) in [5, 5.41) is 21.7. The Bertz CT molecular complexity index is 1100. The first kappa shape index (κ1) is 19.4. The summed E-state index contributed by atoms with van der Waals surface area (Å²) in [5.41, 5.74) is 5.15. The van der Waals surface area contributed by atoms with Gasteiger partial charge >= 0.3 is 6.09 Å². The number of rotatable bonds is 4. The second-order valence-corrected chi connectivity index (χ2v) is 7.01. The fourth-order valence-electron chi connectivity index (χ4n) is 3.66. The van der Waals surface area contributed by atoms with E-state index >= 15 is 0 Å². The predicted molar refractivity (Wildman–Crippen MR) is 114 cm³/mol. The van der Waals surface area contributed by atoms with Crippen molar-refractivity contribution in [2.75, 3.05) is 13.2 Å². The van der Waals surface area contributed by atoms with Gasteiger partial charge in [0.15, 0.2) is 0 Å². The molecule has 0 saturated heterocycles. The van der Waals surface area contributed by atoms with Crippen LogP contribution in [-0.4, -0.2) is 29.5 Å². The smallest absolute Gasteiger partial charge is 0.407 e. The van der Waals surface area contributed by atoms with Gasteiger partial charge in [-0.3, -0.25) is 0 Å². The Kier molecular flexibility index (Phi) is 5.58. The Morgan fingerprint density at radius 3 is 2.30 bits per heavy atom. The summed E-state index contributed by atoms with van der Waals surface area (Å²) in [6.07, 6.45) is -0.0732. The molecular formula is C25H21NO4. The molecule has 150 valence electrons. The molecule has 3 N–H and O–H groups in total. The third-order valence-electron chi connectivity index (χ3n) is 5.07. The fraction of sp³-hybridized carbons (Fsp3) is 0.160. The third kappa shape index (κ3) is 4.08. The van der Waals surface area contributed by atoms with Gasteiger partial charge in [-0.05, 0) is 34.4 Å². The molecule has 0 heterocycles. The van der Waals surface area contributed by atoms with Crippen molar-refractivity contribution >= 4 is 6.09 Å². The highest BCUT2D eigenvalue weighted by Crippen LogP contribution is 2.44. The molecule has 0 atom stereocenters. The minimum absolute atomic E-state index is 0.0185. The topological polar surface area (TPSA) is 78.8 Å². The molecule has 4 rings (SSSR count). The normalized spacial score (nSPS) is 11.7. The second-order valence-electron chi connectivity index (χ2n) is 7.01. The van der Waals surface area contributed by atoms with Gasteiger partial charge in [0.25, 0.3) is 0 Å². The fourth-order valence-corrected chi connectivity index (χ4v) is 3.66. The average molecular weight is 399 g/mol. The number of hydrogen-bond acceptors (Lipinski definition) is 4. The molecule has 0 saturated carbocycles. The first-order valence-electron chi connectivity index (χ1n) is 9.73. The van der Waals surface area contributed by atoms with Gasteiger partial charge < -0.3 is 20.3 Å². The lowest BCUT2D eigenvalue weighted by atomic mass is 9.98. The first-order valence-corrected chi connectivity index (χ1v) is 9.73. The molecule has 3 aromatic carbocycles. The summed E-state index contributed by atoms with van der Waals surface area (Å²) in [4.78, 5) is 12.1.